The molecule has 1 aromatic heterocycles. The lowest BCUT2D eigenvalue weighted by atomic mass is 9.98. The molecule has 0 aliphatic carbocycles. The van der Waals surface area contributed by atoms with E-state index in [0.29, 0.717) is 5.92 Å². The first kappa shape index (κ1) is 8.05. The van der Waals surface area contributed by atoms with Crippen molar-refractivity contribution in [2.45, 2.75) is 19.3 Å². The second-order valence-corrected chi connectivity index (χ2v) is 4.00. The van der Waals surface area contributed by atoms with Gasteiger partial charge in [-0.3, -0.25) is 0 Å². The minimum absolute atomic E-state index is 0.582. The zero-order valence-electron chi connectivity index (χ0n) is 6.97. The van der Waals surface area contributed by atoms with Gasteiger partial charge in [-0.1, -0.05) is 6.92 Å². The van der Waals surface area contributed by atoms with Gasteiger partial charge in [0, 0.05) is 12.5 Å². The maximum Gasteiger partial charge on any atom is 0.106 e. The van der Waals surface area contributed by atoms with E-state index in [9.17, 15) is 0 Å². The van der Waals surface area contributed by atoms with Gasteiger partial charge in [-0.25, -0.2) is 4.98 Å². The number of nitrogens with zero attached hydrogens (tertiary/aromatic N) is 1. The van der Waals surface area contributed by atoms with Crippen molar-refractivity contribution in [2.24, 2.45) is 0 Å². The Kier molecular flexibility index (Phi) is 2.05. The van der Waals surface area contributed by atoms with Crippen LogP contribution < -0.4 is 5.32 Å². The molecule has 0 aromatic carbocycles. The average Bonchev–Trinajstić information content (AvgIpc) is 2.07. The van der Waals surface area contributed by atoms with Crippen molar-refractivity contribution >= 4 is 21.6 Å². The summed E-state index contributed by atoms with van der Waals surface area (Å²) in [5.41, 5.74) is 2.38. The molecule has 12 heavy (non-hydrogen) atoms. The Morgan fingerprint density at radius 3 is 3.25 bits per heavy atom. The Morgan fingerprint density at radius 2 is 2.42 bits per heavy atom. The molecule has 0 bridgehead atoms. The van der Waals surface area contributed by atoms with Gasteiger partial charge in [0.15, 0.2) is 0 Å². The molecule has 1 aliphatic heterocycles. The van der Waals surface area contributed by atoms with Crippen LogP contribution in [0.5, 0.6) is 0 Å². The fourth-order valence-corrected chi connectivity index (χ4v) is 1.86. The highest BCUT2D eigenvalue weighted by Gasteiger charge is 2.16. The summed E-state index contributed by atoms with van der Waals surface area (Å²) in [6.45, 7) is 3.29. The molecule has 1 aliphatic rings. The summed E-state index contributed by atoms with van der Waals surface area (Å²) in [6.07, 6.45) is 1.18. The highest BCUT2D eigenvalue weighted by Crippen LogP contribution is 2.30. The van der Waals surface area contributed by atoms with Crippen molar-refractivity contribution in [1.29, 1.82) is 0 Å². The van der Waals surface area contributed by atoms with Crippen LogP contribution in [0, 0.1) is 0 Å². The predicted molar refractivity (Wildman–Crippen MR) is 53.5 cm³/mol. The van der Waals surface area contributed by atoms with Crippen LogP contribution in [0.2, 0.25) is 0 Å². The van der Waals surface area contributed by atoms with Gasteiger partial charge in [0.25, 0.3) is 0 Å². The average molecular weight is 227 g/mol. The molecule has 0 unspecified atom stereocenters. The van der Waals surface area contributed by atoms with Crippen LogP contribution in [0.4, 0.5) is 5.69 Å². The summed E-state index contributed by atoms with van der Waals surface area (Å²) in [5, 5.41) is 3.34. The zero-order valence-corrected chi connectivity index (χ0v) is 8.56. The summed E-state index contributed by atoms with van der Waals surface area (Å²) in [6, 6.07) is 4.06. The molecule has 0 saturated heterocycles. The third kappa shape index (κ3) is 1.33. The van der Waals surface area contributed by atoms with Crippen molar-refractivity contribution in [3.63, 3.8) is 0 Å². The molecule has 1 aromatic rings. The monoisotopic (exact) mass is 226 g/mol. The molecular formula is C9H11BrN2. The van der Waals surface area contributed by atoms with Gasteiger partial charge in [0.1, 0.15) is 4.60 Å². The lowest BCUT2D eigenvalue weighted by molar-refractivity contribution is 0.660. The molecule has 64 valence electrons. The van der Waals surface area contributed by atoms with Crippen LogP contribution in [-0.4, -0.2) is 11.5 Å². The Morgan fingerprint density at radius 1 is 1.58 bits per heavy atom. The summed E-state index contributed by atoms with van der Waals surface area (Å²) in [7, 11) is 0. The van der Waals surface area contributed by atoms with E-state index in [2.05, 4.69) is 39.2 Å². The van der Waals surface area contributed by atoms with E-state index >= 15 is 0 Å². The number of aromatic nitrogens is 1. The van der Waals surface area contributed by atoms with Crippen LogP contribution in [0.3, 0.4) is 0 Å². The fourth-order valence-electron chi connectivity index (χ4n) is 1.54. The van der Waals surface area contributed by atoms with E-state index in [1.165, 1.54) is 17.8 Å². The smallest absolute Gasteiger partial charge is 0.106 e. The van der Waals surface area contributed by atoms with E-state index in [1.54, 1.807) is 0 Å². The van der Waals surface area contributed by atoms with Gasteiger partial charge >= 0.3 is 0 Å². The molecule has 0 amide bonds. The molecule has 1 N–H and O–H groups in total. The van der Waals surface area contributed by atoms with Crippen molar-refractivity contribution < 1.29 is 0 Å². The Bertz CT molecular complexity index is 299. The highest BCUT2D eigenvalue weighted by atomic mass is 79.9. The normalized spacial score (nSPS) is 21.3. The number of halogens is 1. The first-order chi connectivity index (χ1) is 5.77. The van der Waals surface area contributed by atoms with Crippen molar-refractivity contribution in [3.8, 4) is 0 Å². The maximum absolute atomic E-state index is 4.45. The SMILES string of the molecule is C[C@@H]1CCNc2ccc(Br)nc21. The van der Waals surface area contributed by atoms with Gasteiger partial charge in [-0.2, -0.15) is 0 Å². The number of nitrogens with one attached hydrogen (secondary N) is 1. The third-order valence-electron chi connectivity index (χ3n) is 2.25. The second kappa shape index (κ2) is 3.05. The second-order valence-electron chi connectivity index (χ2n) is 3.18. The first-order valence-corrected chi connectivity index (χ1v) is 4.97. The standard InChI is InChI=1S/C9H11BrN2/c1-6-4-5-11-7-2-3-8(10)12-9(6)7/h2-3,6,11H,4-5H2,1H3/t6-/m1/s1. The maximum atomic E-state index is 4.45. The van der Waals surface area contributed by atoms with Crippen LogP contribution in [0.1, 0.15) is 25.0 Å². The predicted octanol–water partition coefficient (Wildman–Crippen LogP) is 2.76. The van der Waals surface area contributed by atoms with E-state index in [0.717, 1.165) is 11.1 Å². The minimum atomic E-state index is 0.582. The molecular weight excluding hydrogens is 216 g/mol. The summed E-state index contributed by atoms with van der Waals surface area (Å²) >= 11 is 3.38. The summed E-state index contributed by atoms with van der Waals surface area (Å²) in [5.74, 6) is 0.582. The lowest BCUT2D eigenvalue weighted by Crippen LogP contribution is -2.16. The van der Waals surface area contributed by atoms with Gasteiger partial charge in [0.2, 0.25) is 0 Å². The van der Waals surface area contributed by atoms with Gasteiger partial charge < -0.3 is 5.32 Å². The molecule has 3 heteroatoms. The van der Waals surface area contributed by atoms with Crippen molar-refractivity contribution in [1.82, 2.24) is 4.98 Å². The lowest BCUT2D eigenvalue weighted by Gasteiger charge is -2.22. The van der Waals surface area contributed by atoms with Crippen LogP contribution in [0.25, 0.3) is 0 Å². The van der Waals surface area contributed by atoms with Crippen LogP contribution >= 0.6 is 15.9 Å². The van der Waals surface area contributed by atoms with Crippen LogP contribution in [-0.2, 0) is 0 Å². The van der Waals surface area contributed by atoms with E-state index in [4.69, 9.17) is 0 Å². The molecule has 2 rings (SSSR count). The van der Waals surface area contributed by atoms with E-state index in [-0.39, 0.29) is 0 Å². The number of hydrogen-bond acceptors (Lipinski definition) is 2. The largest absolute Gasteiger partial charge is 0.384 e. The molecule has 0 fully saturated rings. The number of rotatable bonds is 0. The quantitative estimate of drug-likeness (QED) is 0.689. The molecule has 0 radical (unpaired) electrons. The Hall–Kier alpha value is -0.570. The van der Waals surface area contributed by atoms with Crippen LogP contribution in [0.15, 0.2) is 16.7 Å². The molecule has 2 nitrogen and oxygen atoms in total. The Balaban J connectivity index is 2.47. The van der Waals surface area contributed by atoms with Gasteiger partial charge in [-0.15, -0.1) is 0 Å². The molecule has 0 saturated carbocycles. The van der Waals surface area contributed by atoms with Gasteiger partial charge in [0.05, 0.1) is 11.4 Å². The van der Waals surface area contributed by atoms with Crippen molar-refractivity contribution in [3.05, 3.63) is 22.4 Å². The third-order valence-corrected chi connectivity index (χ3v) is 2.69. The zero-order chi connectivity index (χ0) is 8.55. The highest BCUT2D eigenvalue weighted by molar-refractivity contribution is 9.10. The number of pyridine rings is 1. The number of anilines is 1. The number of hydrogen-bond donors (Lipinski definition) is 1. The molecule has 2 heterocycles. The van der Waals surface area contributed by atoms with Gasteiger partial charge in [-0.05, 0) is 34.5 Å². The number of fused-ring (bicyclic) bond motifs is 1. The van der Waals surface area contributed by atoms with E-state index in [1.807, 2.05) is 6.07 Å². The van der Waals surface area contributed by atoms with E-state index < -0.39 is 0 Å². The molecule has 1 atom stereocenters. The van der Waals surface area contributed by atoms with Crippen molar-refractivity contribution in [2.75, 3.05) is 11.9 Å². The molecule has 0 spiro atoms. The summed E-state index contributed by atoms with van der Waals surface area (Å²) in [4.78, 5) is 4.45. The minimum Gasteiger partial charge on any atom is -0.384 e. The Labute approximate surface area is 80.5 Å². The first-order valence-electron chi connectivity index (χ1n) is 4.17. The topological polar surface area (TPSA) is 24.9 Å². The summed E-state index contributed by atoms with van der Waals surface area (Å²) < 4.78 is 0.928. The fraction of sp³-hybridized carbons (Fsp3) is 0.444.